The van der Waals surface area contributed by atoms with Crippen LogP contribution in [-0.2, 0) is 6.42 Å². The van der Waals surface area contributed by atoms with E-state index in [0.717, 1.165) is 11.4 Å². The molecule has 0 unspecified atom stereocenters. The summed E-state index contributed by atoms with van der Waals surface area (Å²) in [5.74, 6) is 1.37. The average Bonchev–Trinajstić information content (AvgIpc) is 2.80. The van der Waals surface area contributed by atoms with Gasteiger partial charge in [-0.15, -0.1) is 0 Å². The number of benzene rings is 1. The van der Waals surface area contributed by atoms with E-state index in [4.69, 9.17) is 15.0 Å². The van der Waals surface area contributed by atoms with E-state index in [9.17, 15) is 0 Å². The van der Waals surface area contributed by atoms with Gasteiger partial charge in [-0.2, -0.15) is 4.98 Å². The Morgan fingerprint density at radius 1 is 1.37 bits per heavy atom. The highest BCUT2D eigenvalue weighted by Gasteiger charge is 2.03. The lowest BCUT2D eigenvalue weighted by molar-refractivity contribution is 0.242. The van der Waals surface area contributed by atoms with Crippen LogP contribution in [0.2, 0.25) is 0 Å². The number of aromatic nitrogens is 2. The molecule has 0 aliphatic carbocycles. The van der Waals surface area contributed by atoms with Gasteiger partial charge in [-0.05, 0) is 19.9 Å². The molecule has 1 heterocycles. The van der Waals surface area contributed by atoms with E-state index in [1.54, 1.807) is 0 Å². The van der Waals surface area contributed by atoms with Crippen molar-refractivity contribution >= 4 is 11.4 Å². The first kappa shape index (κ1) is 13.2. The van der Waals surface area contributed by atoms with E-state index in [-0.39, 0.29) is 6.10 Å². The van der Waals surface area contributed by atoms with Gasteiger partial charge >= 0.3 is 0 Å². The molecule has 1 aromatic carbocycles. The van der Waals surface area contributed by atoms with Crippen molar-refractivity contribution in [3.63, 3.8) is 0 Å². The van der Waals surface area contributed by atoms with Crippen molar-refractivity contribution in [3.05, 3.63) is 30.4 Å². The number of nitrogens with zero attached hydrogens (tertiary/aromatic N) is 2. The highest BCUT2D eigenvalue weighted by Crippen LogP contribution is 2.23. The fourth-order valence-electron chi connectivity index (χ4n) is 1.68. The van der Waals surface area contributed by atoms with Gasteiger partial charge in [0.15, 0.2) is 6.33 Å². The number of hydrogen-bond donors (Lipinski definition) is 2. The normalized spacial score (nSPS) is 10.7. The minimum absolute atomic E-state index is 0.119. The van der Waals surface area contributed by atoms with Crippen molar-refractivity contribution in [1.29, 1.82) is 0 Å². The molecule has 0 fully saturated rings. The van der Waals surface area contributed by atoms with Gasteiger partial charge in [-0.3, -0.25) is 0 Å². The second-order valence-corrected chi connectivity index (χ2v) is 4.47. The Labute approximate surface area is 112 Å². The third-order valence-electron chi connectivity index (χ3n) is 2.38. The molecular weight excluding hydrogens is 244 g/mol. The molecule has 19 heavy (non-hydrogen) atoms. The molecule has 0 saturated heterocycles. The fraction of sp³-hybridized carbons (Fsp3) is 0.385. The zero-order valence-corrected chi connectivity index (χ0v) is 11.1. The van der Waals surface area contributed by atoms with Crippen LogP contribution in [0.3, 0.4) is 0 Å². The second kappa shape index (κ2) is 6.08. The van der Waals surface area contributed by atoms with Crippen LogP contribution < -0.4 is 15.8 Å². The Bertz CT molecular complexity index is 511. The maximum absolute atomic E-state index is 5.84. The first-order valence-corrected chi connectivity index (χ1v) is 6.20. The maximum Gasteiger partial charge on any atom is 0.228 e. The van der Waals surface area contributed by atoms with Crippen molar-refractivity contribution in [3.8, 4) is 5.75 Å². The predicted molar refractivity (Wildman–Crippen MR) is 73.1 cm³/mol. The van der Waals surface area contributed by atoms with Crippen molar-refractivity contribution in [2.24, 2.45) is 0 Å². The molecule has 0 aliphatic rings. The average molecular weight is 262 g/mol. The number of nitrogens with one attached hydrogen (secondary N) is 1. The van der Waals surface area contributed by atoms with Crippen LogP contribution in [0.4, 0.5) is 11.4 Å². The SMILES string of the molecule is CC(C)Oc1cc(N)cc(NCCc2ncno2)c1. The number of hydrogen-bond acceptors (Lipinski definition) is 6. The van der Waals surface area contributed by atoms with E-state index in [1.165, 1.54) is 6.33 Å². The largest absolute Gasteiger partial charge is 0.491 e. The van der Waals surface area contributed by atoms with E-state index in [0.29, 0.717) is 24.5 Å². The van der Waals surface area contributed by atoms with Crippen molar-refractivity contribution in [1.82, 2.24) is 10.1 Å². The standard InChI is InChI=1S/C13H18N4O2/c1-9(2)18-12-6-10(14)5-11(7-12)15-4-3-13-16-8-17-19-13/h5-9,15H,3-4,14H2,1-2H3. The summed E-state index contributed by atoms with van der Waals surface area (Å²) in [6.45, 7) is 4.64. The quantitative estimate of drug-likeness (QED) is 0.775. The molecule has 0 bridgehead atoms. The van der Waals surface area contributed by atoms with E-state index >= 15 is 0 Å². The van der Waals surface area contributed by atoms with Crippen molar-refractivity contribution in [2.45, 2.75) is 26.4 Å². The maximum atomic E-state index is 5.84. The lowest BCUT2D eigenvalue weighted by atomic mass is 10.2. The molecule has 0 spiro atoms. The molecule has 3 N–H and O–H groups in total. The van der Waals surface area contributed by atoms with Gasteiger partial charge in [-0.1, -0.05) is 5.16 Å². The van der Waals surface area contributed by atoms with Gasteiger partial charge < -0.3 is 20.3 Å². The van der Waals surface area contributed by atoms with Gasteiger partial charge in [0, 0.05) is 36.5 Å². The minimum atomic E-state index is 0.119. The smallest absolute Gasteiger partial charge is 0.228 e. The summed E-state index contributed by atoms with van der Waals surface area (Å²) in [6.07, 6.45) is 2.17. The van der Waals surface area contributed by atoms with E-state index < -0.39 is 0 Å². The Kier molecular flexibility index (Phi) is 4.22. The van der Waals surface area contributed by atoms with Gasteiger partial charge in [0.25, 0.3) is 0 Å². The summed E-state index contributed by atoms with van der Waals surface area (Å²) in [4.78, 5) is 3.95. The summed E-state index contributed by atoms with van der Waals surface area (Å²) >= 11 is 0. The predicted octanol–water partition coefficient (Wildman–Crippen LogP) is 2.09. The third kappa shape index (κ3) is 4.17. The molecule has 6 heteroatoms. The lowest BCUT2D eigenvalue weighted by Gasteiger charge is -2.13. The third-order valence-corrected chi connectivity index (χ3v) is 2.38. The molecular formula is C13H18N4O2. The van der Waals surface area contributed by atoms with Crippen LogP contribution in [0.15, 0.2) is 29.0 Å². The Morgan fingerprint density at radius 3 is 2.89 bits per heavy atom. The topological polar surface area (TPSA) is 86.2 Å². The van der Waals surface area contributed by atoms with Crippen LogP contribution in [0.1, 0.15) is 19.7 Å². The van der Waals surface area contributed by atoms with Crippen LogP contribution in [0.25, 0.3) is 0 Å². The Balaban J connectivity index is 1.93. The number of nitrogens with two attached hydrogens (primary N) is 1. The molecule has 0 radical (unpaired) electrons. The lowest BCUT2D eigenvalue weighted by Crippen LogP contribution is -2.08. The number of nitrogen functional groups attached to an aromatic ring is 1. The molecule has 0 aliphatic heterocycles. The van der Waals surface area contributed by atoms with Crippen molar-refractivity contribution < 1.29 is 9.26 Å². The molecule has 0 atom stereocenters. The molecule has 1 aromatic heterocycles. The number of rotatable bonds is 6. The van der Waals surface area contributed by atoms with Gasteiger partial charge in [0.2, 0.25) is 5.89 Å². The molecule has 6 nitrogen and oxygen atoms in total. The second-order valence-electron chi connectivity index (χ2n) is 4.47. The molecule has 0 amide bonds. The Hall–Kier alpha value is -2.24. The van der Waals surface area contributed by atoms with Crippen LogP contribution >= 0.6 is 0 Å². The van der Waals surface area contributed by atoms with Gasteiger partial charge in [0.05, 0.1) is 6.10 Å². The molecule has 0 saturated carbocycles. The first-order valence-electron chi connectivity index (χ1n) is 6.20. The van der Waals surface area contributed by atoms with Crippen LogP contribution in [0, 0.1) is 0 Å². The van der Waals surface area contributed by atoms with Crippen LogP contribution in [-0.4, -0.2) is 22.8 Å². The van der Waals surface area contributed by atoms with Crippen LogP contribution in [0.5, 0.6) is 5.75 Å². The molecule has 2 aromatic rings. The molecule has 102 valence electrons. The highest BCUT2D eigenvalue weighted by atomic mass is 16.5. The minimum Gasteiger partial charge on any atom is -0.491 e. The number of anilines is 2. The van der Waals surface area contributed by atoms with Gasteiger partial charge in [-0.25, -0.2) is 0 Å². The zero-order valence-electron chi connectivity index (χ0n) is 11.1. The Morgan fingerprint density at radius 2 is 2.21 bits per heavy atom. The highest BCUT2D eigenvalue weighted by molar-refractivity contribution is 5.59. The summed E-state index contributed by atoms with van der Waals surface area (Å²) in [7, 11) is 0. The molecule has 2 rings (SSSR count). The van der Waals surface area contributed by atoms with E-state index in [2.05, 4.69) is 15.5 Å². The monoisotopic (exact) mass is 262 g/mol. The summed E-state index contributed by atoms with van der Waals surface area (Å²) in [6, 6.07) is 5.59. The fourth-order valence-corrected chi connectivity index (χ4v) is 1.68. The zero-order chi connectivity index (χ0) is 13.7. The summed E-state index contributed by atoms with van der Waals surface area (Å²) in [5.41, 5.74) is 7.42. The van der Waals surface area contributed by atoms with Crippen molar-refractivity contribution in [2.75, 3.05) is 17.6 Å². The number of ether oxygens (including phenoxy) is 1. The summed E-state index contributed by atoms with van der Waals surface area (Å²) in [5, 5.41) is 6.80. The summed E-state index contributed by atoms with van der Waals surface area (Å²) < 4.78 is 10.5. The van der Waals surface area contributed by atoms with Gasteiger partial charge in [0.1, 0.15) is 5.75 Å². The first-order chi connectivity index (χ1) is 9.13. The van der Waals surface area contributed by atoms with E-state index in [1.807, 2.05) is 32.0 Å².